The molecule has 1 heterocycles. The maximum Gasteiger partial charge on any atom is 0.338 e. The van der Waals surface area contributed by atoms with Crippen molar-refractivity contribution in [2.45, 2.75) is 11.8 Å². The highest BCUT2D eigenvalue weighted by atomic mass is 32.2. The lowest BCUT2D eigenvalue weighted by molar-refractivity contribution is 0.0599. The van der Waals surface area contributed by atoms with E-state index in [1.165, 1.54) is 19.1 Å². The van der Waals surface area contributed by atoms with Crippen LogP contribution in [0, 0.1) is 6.92 Å². The zero-order valence-electron chi connectivity index (χ0n) is 14.0. The van der Waals surface area contributed by atoms with Crippen LogP contribution in [-0.2, 0) is 4.74 Å². The van der Waals surface area contributed by atoms with Crippen molar-refractivity contribution < 1.29 is 9.53 Å². The summed E-state index contributed by atoms with van der Waals surface area (Å²) in [6.07, 6.45) is 1.80. The Bertz CT molecular complexity index is 865. The van der Waals surface area contributed by atoms with Crippen LogP contribution in [0.25, 0.3) is 11.3 Å². The summed E-state index contributed by atoms with van der Waals surface area (Å²) in [4.78, 5) is 17.2. The van der Waals surface area contributed by atoms with Gasteiger partial charge in [-0.2, -0.15) is 0 Å². The molecule has 0 spiro atoms. The zero-order chi connectivity index (χ0) is 17.6. The molecule has 0 aliphatic carbocycles. The van der Waals surface area contributed by atoms with E-state index in [4.69, 9.17) is 4.74 Å². The van der Waals surface area contributed by atoms with Crippen LogP contribution in [0.3, 0.4) is 0 Å². The lowest BCUT2D eigenvalue weighted by Crippen LogP contribution is -2.04. The average Bonchev–Trinajstić information content (AvgIpc) is 2.68. The zero-order valence-corrected chi connectivity index (χ0v) is 14.8. The molecule has 0 amide bonds. The van der Waals surface area contributed by atoms with E-state index in [1.807, 2.05) is 67.6 Å². The van der Waals surface area contributed by atoms with E-state index in [-0.39, 0.29) is 5.97 Å². The van der Waals surface area contributed by atoms with Crippen molar-refractivity contribution in [3.05, 3.63) is 78.0 Å². The number of carbonyl (C=O) groups is 1. The SMILES string of the molecule is COC(=O)c1cc(SNc2ccc(-c3ccccc3)nc2)ccc1C. The number of methoxy groups -OCH3 is 1. The van der Waals surface area contributed by atoms with E-state index in [0.717, 1.165) is 27.4 Å². The van der Waals surface area contributed by atoms with Gasteiger partial charge in [-0.15, -0.1) is 0 Å². The standard InChI is InChI=1S/C20H18N2O2S/c1-14-8-10-17(12-18(14)20(23)24-2)25-22-16-9-11-19(21-13-16)15-6-4-3-5-7-15/h3-13,22H,1-2H3. The molecule has 1 aromatic heterocycles. The summed E-state index contributed by atoms with van der Waals surface area (Å²) >= 11 is 1.43. The van der Waals surface area contributed by atoms with Gasteiger partial charge in [-0.05, 0) is 48.7 Å². The summed E-state index contributed by atoms with van der Waals surface area (Å²) in [5.41, 5.74) is 4.38. The fourth-order valence-electron chi connectivity index (χ4n) is 2.35. The van der Waals surface area contributed by atoms with E-state index in [0.29, 0.717) is 5.56 Å². The van der Waals surface area contributed by atoms with Gasteiger partial charge in [0.15, 0.2) is 0 Å². The number of aryl methyl sites for hydroxylation is 1. The van der Waals surface area contributed by atoms with Gasteiger partial charge in [-0.25, -0.2) is 4.79 Å². The third-order valence-corrected chi connectivity index (χ3v) is 4.56. The molecule has 1 N–H and O–H groups in total. The van der Waals surface area contributed by atoms with Gasteiger partial charge in [0.05, 0.1) is 30.3 Å². The van der Waals surface area contributed by atoms with E-state index >= 15 is 0 Å². The summed E-state index contributed by atoms with van der Waals surface area (Å²) in [5.74, 6) is -0.325. The predicted molar refractivity (Wildman–Crippen MR) is 102 cm³/mol. The highest BCUT2D eigenvalue weighted by Crippen LogP contribution is 2.25. The second-order valence-electron chi connectivity index (χ2n) is 5.47. The Morgan fingerprint density at radius 2 is 1.88 bits per heavy atom. The van der Waals surface area contributed by atoms with Crippen molar-refractivity contribution in [2.75, 3.05) is 11.8 Å². The molecular formula is C20H18N2O2S. The molecule has 0 unspecified atom stereocenters. The Morgan fingerprint density at radius 1 is 1.08 bits per heavy atom. The first-order valence-electron chi connectivity index (χ1n) is 7.80. The van der Waals surface area contributed by atoms with Crippen molar-refractivity contribution >= 4 is 23.6 Å². The van der Waals surface area contributed by atoms with Crippen LogP contribution in [0.15, 0.2) is 71.8 Å². The molecule has 25 heavy (non-hydrogen) atoms. The number of nitrogens with one attached hydrogen (secondary N) is 1. The Labute approximate surface area is 151 Å². The Hall–Kier alpha value is -2.79. The fourth-order valence-corrected chi connectivity index (χ4v) is 3.02. The van der Waals surface area contributed by atoms with Crippen molar-refractivity contribution in [3.63, 3.8) is 0 Å². The van der Waals surface area contributed by atoms with Crippen LogP contribution >= 0.6 is 11.9 Å². The topological polar surface area (TPSA) is 51.2 Å². The number of pyridine rings is 1. The van der Waals surface area contributed by atoms with Crippen molar-refractivity contribution in [3.8, 4) is 11.3 Å². The Balaban J connectivity index is 1.69. The minimum Gasteiger partial charge on any atom is -0.465 e. The van der Waals surface area contributed by atoms with Crippen LogP contribution in [0.5, 0.6) is 0 Å². The summed E-state index contributed by atoms with van der Waals surface area (Å²) in [5, 5.41) is 0. The van der Waals surface area contributed by atoms with Crippen molar-refractivity contribution in [1.29, 1.82) is 0 Å². The molecule has 0 fully saturated rings. The normalized spacial score (nSPS) is 10.3. The van der Waals surface area contributed by atoms with Gasteiger partial charge < -0.3 is 9.46 Å². The minimum absolute atomic E-state index is 0.325. The number of rotatable bonds is 5. The Kier molecular flexibility index (Phi) is 5.36. The number of benzene rings is 2. The monoisotopic (exact) mass is 350 g/mol. The molecule has 0 radical (unpaired) electrons. The van der Waals surface area contributed by atoms with E-state index in [2.05, 4.69) is 9.71 Å². The van der Waals surface area contributed by atoms with Crippen molar-refractivity contribution in [2.24, 2.45) is 0 Å². The lowest BCUT2D eigenvalue weighted by atomic mass is 10.1. The van der Waals surface area contributed by atoms with Gasteiger partial charge in [0.25, 0.3) is 0 Å². The van der Waals surface area contributed by atoms with Crippen LogP contribution in [-0.4, -0.2) is 18.1 Å². The molecule has 2 aromatic carbocycles. The number of anilines is 1. The molecule has 4 nitrogen and oxygen atoms in total. The summed E-state index contributed by atoms with van der Waals surface area (Å²) in [7, 11) is 1.39. The molecule has 3 aromatic rings. The molecule has 0 aliphatic rings. The number of aromatic nitrogens is 1. The fraction of sp³-hybridized carbons (Fsp3) is 0.100. The largest absolute Gasteiger partial charge is 0.465 e. The van der Waals surface area contributed by atoms with Gasteiger partial charge in [0.1, 0.15) is 0 Å². The van der Waals surface area contributed by atoms with Gasteiger partial charge in [0, 0.05) is 10.5 Å². The number of nitrogens with zero attached hydrogens (tertiary/aromatic N) is 1. The summed E-state index contributed by atoms with van der Waals surface area (Å²) < 4.78 is 8.06. The second-order valence-corrected chi connectivity index (χ2v) is 6.35. The average molecular weight is 350 g/mol. The number of ether oxygens (including phenoxy) is 1. The first-order valence-corrected chi connectivity index (χ1v) is 8.62. The summed E-state index contributed by atoms with van der Waals surface area (Å²) in [6.45, 7) is 1.89. The quantitative estimate of drug-likeness (QED) is 0.520. The highest BCUT2D eigenvalue weighted by Gasteiger charge is 2.10. The molecule has 0 aliphatic heterocycles. The second kappa shape index (κ2) is 7.85. The molecular weight excluding hydrogens is 332 g/mol. The smallest absolute Gasteiger partial charge is 0.338 e. The van der Waals surface area contributed by atoms with Gasteiger partial charge >= 0.3 is 5.97 Å². The number of carbonyl (C=O) groups excluding carboxylic acids is 1. The highest BCUT2D eigenvalue weighted by molar-refractivity contribution is 8.00. The van der Waals surface area contributed by atoms with E-state index < -0.39 is 0 Å². The van der Waals surface area contributed by atoms with E-state index in [1.54, 1.807) is 6.20 Å². The minimum atomic E-state index is -0.325. The molecule has 0 atom stereocenters. The van der Waals surface area contributed by atoms with Gasteiger partial charge in [-0.1, -0.05) is 36.4 Å². The third kappa shape index (κ3) is 4.19. The Morgan fingerprint density at radius 3 is 2.56 bits per heavy atom. The van der Waals surface area contributed by atoms with E-state index in [9.17, 15) is 4.79 Å². The molecule has 5 heteroatoms. The number of hydrogen-bond donors (Lipinski definition) is 1. The molecule has 126 valence electrons. The third-order valence-electron chi connectivity index (χ3n) is 3.73. The molecule has 0 saturated heterocycles. The van der Waals surface area contributed by atoms with Crippen LogP contribution in [0.4, 0.5) is 5.69 Å². The van der Waals surface area contributed by atoms with Crippen LogP contribution in [0.1, 0.15) is 15.9 Å². The first kappa shape index (κ1) is 17.0. The molecule has 0 bridgehead atoms. The van der Waals surface area contributed by atoms with Crippen molar-refractivity contribution in [1.82, 2.24) is 4.98 Å². The number of esters is 1. The first-order chi connectivity index (χ1) is 12.2. The molecule has 3 rings (SSSR count). The maximum absolute atomic E-state index is 11.8. The molecule has 0 saturated carbocycles. The van der Waals surface area contributed by atoms with Gasteiger partial charge in [0.2, 0.25) is 0 Å². The summed E-state index contributed by atoms with van der Waals surface area (Å²) in [6, 6.07) is 19.7. The van der Waals surface area contributed by atoms with Crippen LogP contribution < -0.4 is 4.72 Å². The van der Waals surface area contributed by atoms with Crippen LogP contribution in [0.2, 0.25) is 0 Å². The lowest BCUT2D eigenvalue weighted by Gasteiger charge is -2.09. The van der Waals surface area contributed by atoms with Gasteiger partial charge in [-0.3, -0.25) is 4.98 Å². The number of hydrogen-bond acceptors (Lipinski definition) is 5. The predicted octanol–water partition coefficient (Wildman–Crippen LogP) is 4.96. The maximum atomic E-state index is 11.8.